The zero-order chi connectivity index (χ0) is 10.1. The molecule has 1 aliphatic rings. The van der Waals surface area contributed by atoms with E-state index in [-0.39, 0.29) is 5.91 Å². The van der Waals surface area contributed by atoms with E-state index in [4.69, 9.17) is 5.73 Å². The maximum Gasteiger partial charge on any atom is 0.248 e. The normalized spacial score (nSPS) is 20.2. The molecule has 0 aromatic heterocycles. The van der Waals surface area contributed by atoms with Gasteiger partial charge in [0.05, 0.1) is 0 Å². The van der Waals surface area contributed by atoms with Crippen LogP contribution in [0.25, 0.3) is 0 Å². The lowest BCUT2D eigenvalue weighted by atomic mass is 9.83. The Morgan fingerprint density at radius 1 is 1.50 bits per heavy atom. The maximum absolute atomic E-state index is 11.0. The molecule has 14 heavy (non-hydrogen) atoms. The van der Waals surface area contributed by atoms with E-state index in [0.717, 1.165) is 6.42 Å². The van der Waals surface area contributed by atoms with Crippen LogP contribution >= 0.6 is 0 Å². The molecule has 0 bridgehead atoms. The summed E-state index contributed by atoms with van der Waals surface area (Å²) in [4.78, 5) is 11.0. The molecule has 0 saturated heterocycles. The molecular formula is C12H15NO. The summed E-state index contributed by atoms with van der Waals surface area (Å²) in [5.41, 5.74) is 8.59. The quantitative estimate of drug-likeness (QED) is 0.723. The highest BCUT2D eigenvalue weighted by Crippen LogP contribution is 2.31. The van der Waals surface area contributed by atoms with E-state index >= 15 is 0 Å². The Hall–Kier alpha value is -1.31. The van der Waals surface area contributed by atoms with E-state index in [0.29, 0.717) is 11.5 Å². The molecule has 1 aromatic rings. The Morgan fingerprint density at radius 2 is 2.29 bits per heavy atom. The van der Waals surface area contributed by atoms with Gasteiger partial charge >= 0.3 is 0 Å². The zero-order valence-electron chi connectivity index (χ0n) is 8.42. The number of hydrogen-bond donors (Lipinski definition) is 1. The first-order chi connectivity index (χ1) is 6.68. The molecule has 1 atom stereocenters. The minimum Gasteiger partial charge on any atom is -0.366 e. The monoisotopic (exact) mass is 189 g/mol. The largest absolute Gasteiger partial charge is 0.366 e. The summed E-state index contributed by atoms with van der Waals surface area (Å²) in [6, 6.07) is 5.84. The Labute approximate surface area is 84.1 Å². The van der Waals surface area contributed by atoms with Crippen molar-refractivity contribution in [3.63, 3.8) is 0 Å². The molecule has 2 heteroatoms. The van der Waals surface area contributed by atoms with Crippen molar-refractivity contribution in [1.29, 1.82) is 0 Å². The fourth-order valence-corrected chi connectivity index (χ4v) is 2.19. The van der Waals surface area contributed by atoms with Crippen LogP contribution in [0, 0.1) is 0 Å². The molecule has 2 nitrogen and oxygen atoms in total. The van der Waals surface area contributed by atoms with Crippen LogP contribution in [0.4, 0.5) is 0 Å². The number of benzene rings is 1. The topological polar surface area (TPSA) is 43.1 Å². The molecule has 0 aliphatic heterocycles. The molecule has 0 fully saturated rings. The summed E-state index contributed by atoms with van der Waals surface area (Å²) in [5, 5.41) is 0. The Kier molecular flexibility index (Phi) is 2.28. The second-order valence-electron chi connectivity index (χ2n) is 4.07. The molecule has 0 spiro atoms. The summed E-state index contributed by atoms with van der Waals surface area (Å²) >= 11 is 0. The van der Waals surface area contributed by atoms with Gasteiger partial charge in [0.2, 0.25) is 5.91 Å². The van der Waals surface area contributed by atoms with Gasteiger partial charge in [0.1, 0.15) is 0 Å². The predicted octanol–water partition coefficient (Wildman–Crippen LogP) is 2.23. The Morgan fingerprint density at radius 3 is 3.00 bits per heavy atom. The lowest BCUT2D eigenvalue weighted by Crippen LogP contribution is -2.14. The average molecular weight is 189 g/mol. The summed E-state index contributed by atoms with van der Waals surface area (Å²) < 4.78 is 0. The Balaban J connectivity index is 2.45. The zero-order valence-corrected chi connectivity index (χ0v) is 8.42. The number of primary amides is 1. The van der Waals surface area contributed by atoms with Gasteiger partial charge in [-0.25, -0.2) is 0 Å². The van der Waals surface area contributed by atoms with Crippen LogP contribution < -0.4 is 5.73 Å². The molecule has 1 amide bonds. The summed E-state index contributed by atoms with van der Waals surface area (Å²) in [6.45, 7) is 2.21. The summed E-state index contributed by atoms with van der Waals surface area (Å²) in [5.74, 6) is 0.239. The number of nitrogens with two attached hydrogens (primary N) is 1. The van der Waals surface area contributed by atoms with Crippen LogP contribution in [0.5, 0.6) is 0 Å². The number of aryl methyl sites for hydroxylation is 1. The molecular weight excluding hydrogens is 174 g/mol. The highest BCUT2D eigenvalue weighted by Gasteiger charge is 2.17. The first-order valence-corrected chi connectivity index (χ1v) is 5.11. The van der Waals surface area contributed by atoms with Gasteiger partial charge in [-0.2, -0.15) is 0 Å². The molecule has 1 aromatic carbocycles. The first kappa shape index (κ1) is 9.25. The number of rotatable bonds is 1. The number of amides is 1. The van der Waals surface area contributed by atoms with Crippen LogP contribution in [0.3, 0.4) is 0 Å². The third-order valence-corrected chi connectivity index (χ3v) is 3.04. The van der Waals surface area contributed by atoms with Crippen molar-refractivity contribution >= 4 is 5.91 Å². The van der Waals surface area contributed by atoms with Gasteiger partial charge in [0.15, 0.2) is 0 Å². The lowest BCUT2D eigenvalue weighted by Gasteiger charge is -2.22. The smallest absolute Gasteiger partial charge is 0.248 e. The number of carbonyl (C=O) groups is 1. The fourth-order valence-electron chi connectivity index (χ4n) is 2.19. The molecule has 2 rings (SSSR count). The van der Waals surface area contributed by atoms with Gasteiger partial charge in [-0.1, -0.05) is 13.0 Å². The van der Waals surface area contributed by atoms with Gasteiger partial charge < -0.3 is 5.73 Å². The van der Waals surface area contributed by atoms with Crippen LogP contribution in [-0.4, -0.2) is 5.91 Å². The lowest BCUT2D eigenvalue weighted by molar-refractivity contribution is 0.1000. The summed E-state index contributed by atoms with van der Waals surface area (Å²) in [6.07, 6.45) is 3.61. The third kappa shape index (κ3) is 1.52. The van der Waals surface area contributed by atoms with Crippen molar-refractivity contribution in [2.45, 2.75) is 32.1 Å². The molecule has 0 unspecified atom stereocenters. The Bertz CT molecular complexity index is 371. The van der Waals surface area contributed by atoms with Crippen molar-refractivity contribution < 1.29 is 4.79 Å². The van der Waals surface area contributed by atoms with Gasteiger partial charge in [-0.15, -0.1) is 0 Å². The predicted molar refractivity (Wildman–Crippen MR) is 56.3 cm³/mol. The maximum atomic E-state index is 11.0. The van der Waals surface area contributed by atoms with E-state index in [2.05, 4.69) is 6.92 Å². The van der Waals surface area contributed by atoms with E-state index in [1.54, 1.807) is 0 Å². The van der Waals surface area contributed by atoms with E-state index < -0.39 is 0 Å². The minimum atomic E-state index is -0.328. The van der Waals surface area contributed by atoms with Crippen molar-refractivity contribution in [2.24, 2.45) is 5.73 Å². The molecule has 0 radical (unpaired) electrons. The average Bonchev–Trinajstić information content (AvgIpc) is 2.18. The first-order valence-electron chi connectivity index (χ1n) is 5.11. The van der Waals surface area contributed by atoms with E-state index in [1.807, 2.05) is 18.2 Å². The number of hydrogen-bond acceptors (Lipinski definition) is 1. The van der Waals surface area contributed by atoms with Crippen molar-refractivity contribution in [3.05, 3.63) is 34.9 Å². The summed E-state index contributed by atoms with van der Waals surface area (Å²) in [7, 11) is 0. The molecule has 2 N–H and O–H groups in total. The van der Waals surface area contributed by atoms with Gasteiger partial charge in [-0.3, -0.25) is 4.79 Å². The van der Waals surface area contributed by atoms with Crippen molar-refractivity contribution in [1.82, 2.24) is 0 Å². The third-order valence-electron chi connectivity index (χ3n) is 3.04. The van der Waals surface area contributed by atoms with Crippen LogP contribution in [-0.2, 0) is 6.42 Å². The molecule has 0 saturated carbocycles. The standard InChI is InChI=1S/C12H15NO/c1-8-3-2-4-9-5-6-10(12(13)14)7-11(8)9/h5-8H,2-4H2,1H3,(H2,13,14)/t8-/m0/s1. The molecule has 74 valence electrons. The van der Waals surface area contributed by atoms with E-state index in [1.165, 1.54) is 24.0 Å². The fraction of sp³-hybridized carbons (Fsp3) is 0.417. The highest BCUT2D eigenvalue weighted by molar-refractivity contribution is 5.93. The second-order valence-corrected chi connectivity index (χ2v) is 4.07. The molecule has 0 heterocycles. The van der Waals surface area contributed by atoms with Crippen LogP contribution in [0.15, 0.2) is 18.2 Å². The molecule has 1 aliphatic carbocycles. The number of carbonyl (C=O) groups excluding carboxylic acids is 1. The SMILES string of the molecule is C[C@H]1CCCc2ccc(C(N)=O)cc21. The highest BCUT2D eigenvalue weighted by atomic mass is 16.1. The van der Waals surface area contributed by atoms with Gasteiger partial charge in [0, 0.05) is 5.56 Å². The number of fused-ring (bicyclic) bond motifs is 1. The van der Waals surface area contributed by atoms with Crippen LogP contribution in [0.2, 0.25) is 0 Å². The minimum absolute atomic E-state index is 0.328. The van der Waals surface area contributed by atoms with Gasteiger partial charge in [0.25, 0.3) is 0 Å². The second kappa shape index (κ2) is 3.45. The van der Waals surface area contributed by atoms with Crippen molar-refractivity contribution in [3.8, 4) is 0 Å². The van der Waals surface area contributed by atoms with Crippen LogP contribution in [0.1, 0.15) is 47.2 Å². The van der Waals surface area contributed by atoms with Gasteiger partial charge in [-0.05, 0) is 48.4 Å². The van der Waals surface area contributed by atoms with Crippen molar-refractivity contribution in [2.75, 3.05) is 0 Å². The van der Waals surface area contributed by atoms with E-state index in [9.17, 15) is 4.79 Å².